The number of hydrogen-bond acceptors (Lipinski definition) is 4. The number of aliphatic hydroxyl groups is 2. The molecular weight excluding hydrogens is 242 g/mol. The maximum atomic E-state index is 9.83. The fourth-order valence-electron chi connectivity index (χ4n) is 2.38. The van der Waals surface area contributed by atoms with Gasteiger partial charge in [0.2, 0.25) is 0 Å². The molecule has 19 heavy (non-hydrogen) atoms. The van der Waals surface area contributed by atoms with Crippen LogP contribution in [0.15, 0.2) is 30.6 Å². The molecular formula is C14H19N3O2. The highest BCUT2D eigenvalue weighted by molar-refractivity contribution is 5.34. The summed E-state index contributed by atoms with van der Waals surface area (Å²) in [6, 6.07) is 7.78. The molecule has 102 valence electrons. The zero-order valence-corrected chi connectivity index (χ0v) is 11.2. The van der Waals surface area contributed by atoms with Crippen LogP contribution in [0.25, 0.3) is 0 Å². The third-order valence-electron chi connectivity index (χ3n) is 3.62. The van der Waals surface area contributed by atoms with Gasteiger partial charge in [-0.3, -0.25) is 4.68 Å². The molecule has 0 radical (unpaired) electrons. The van der Waals surface area contributed by atoms with Crippen molar-refractivity contribution in [3.63, 3.8) is 0 Å². The number of benzene rings is 1. The van der Waals surface area contributed by atoms with E-state index in [0.29, 0.717) is 6.42 Å². The molecule has 1 aromatic heterocycles. The molecule has 5 heteroatoms. The fraction of sp³-hybridized carbons (Fsp3) is 0.429. The van der Waals surface area contributed by atoms with Crippen LogP contribution in [-0.2, 0) is 18.9 Å². The smallest absolute Gasteiger partial charge is 0.138 e. The Balaban J connectivity index is 2.44. The van der Waals surface area contributed by atoms with Gasteiger partial charge >= 0.3 is 0 Å². The Bertz CT molecular complexity index is 547. The van der Waals surface area contributed by atoms with E-state index in [1.807, 2.05) is 31.2 Å². The molecule has 2 N–H and O–H groups in total. The summed E-state index contributed by atoms with van der Waals surface area (Å²) in [6.45, 7) is 1.70. The predicted molar refractivity (Wildman–Crippen MR) is 71.7 cm³/mol. The van der Waals surface area contributed by atoms with Crippen molar-refractivity contribution < 1.29 is 10.2 Å². The molecule has 0 aliphatic carbocycles. The van der Waals surface area contributed by atoms with E-state index in [0.717, 1.165) is 17.0 Å². The van der Waals surface area contributed by atoms with E-state index in [1.54, 1.807) is 11.7 Å². The molecule has 0 bridgehead atoms. The lowest BCUT2D eigenvalue weighted by atomic mass is 9.76. The molecule has 0 atom stereocenters. The van der Waals surface area contributed by atoms with Crippen molar-refractivity contribution in [3.05, 3.63) is 47.5 Å². The van der Waals surface area contributed by atoms with Crippen molar-refractivity contribution in [3.8, 4) is 0 Å². The highest BCUT2D eigenvalue weighted by Crippen LogP contribution is 2.29. The first-order valence-corrected chi connectivity index (χ1v) is 6.23. The summed E-state index contributed by atoms with van der Waals surface area (Å²) in [6.07, 6.45) is 1.92. The second kappa shape index (κ2) is 5.50. The average molecular weight is 261 g/mol. The second-order valence-corrected chi connectivity index (χ2v) is 4.89. The van der Waals surface area contributed by atoms with Crippen LogP contribution < -0.4 is 0 Å². The SMILES string of the molecule is Cc1ccccc1C(CO)(CO)Cc1ncnn1C. The van der Waals surface area contributed by atoms with Crippen LogP contribution >= 0.6 is 0 Å². The van der Waals surface area contributed by atoms with Crippen LogP contribution in [0.4, 0.5) is 0 Å². The van der Waals surface area contributed by atoms with Crippen molar-refractivity contribution >= 4 is 0 Å². The molecule has 0 aliphatic rings. The zero-order chi connectivity index (χ0) is 13.9. The van der Waals surface area contributed by atoms with E-state index in [1.165, 1.54) is 6.33 Å². The van der Waals surface area contributed by atoms with Gasteiger partial charge in [0, 0.05) is 18.9 Å². The molecule has 2 aromatic rings. The highest BCUT2D eigenvalue weighted by Gasteiger charge is 2.34. The first-order chi connectivity index (χ1) is 9.13. The second-order valence-electron chi connectivity index (χ2n) is 4.89. The van der Waals surface area contributed by atoms with Crippen molar-refractivity contribution in [2.75, 3.05) is 13.2 Å². The Labute approximate surface area is 112 Å². The van der Waals surface area contributed by atoms with Gasteiger partial charge in [-0.15, -0.1) is 0 Å². The van der Waals surface area contributed by atoms with Gasteiger partial charge in [0.15, 0.2) is 0 Å². The third-order valence-corrected chi connectivity index (χ3v) is 3.62. The van der Waals surface area contributed by atoms with Gasteiger partial charge in [-0.2, -0.15) is 5.10 Å². The summed E-state index contributed by atoms with van der Waals surface area (Å²) in [7, 11) is 1.81. The molecule has 5 nitrogen and oxygen atoms in total. The topological polar surface area (TPSA) is 71.2 Å². The van der Waals surface area contributed by atoms with Crippen molar-refractivity contribution in [2.24, 2.45) is 7.05 Å². The van der Waals surface area contributed by atoms with E-state index in [2.05, 4.69) is 10.1 Å². The van der Waals surface area contributed by atoms with Crippen molar-refractivity contribution in [2.45, 2.75) is 18.8 Å². The van der Waals surface area contributed by atoms with Crippen LogP contribution in [0.5, 0.6) is 0 Å². The fourth-order valence-corrected chi connectivity index (χ4v) is 2.38. The molecule has 0 unspecified atom stereocenters. The molecule has 1 aromatic carbocycles. The van der Waals surface area contributed by atoms with E-state index >= 15 is 0 Å². The Morgan fingerprint density at radius 1 is 1.21 bits per heavy atom. The number of aryl methyl sites for hydroxylation is 2. The van der Waals surface area contributed by atoms with Crippen molar-refractivity contribution in [1.82, 2.24) is 14.8 Å². The van der Waals surface area contributed by atoms with Crippen LogP contribution in [-0.4, -0.2) is 38.2 Å². The van der Waals surface area contributed by atoms with Gasteiger partial charge in [0.1, 0.15) is 12.2 Å². The predicted octanol–water partition coefficient (Wildman–Crippen LogP) is 0.589. The van der Waals surface area contributed by atoms with Gasteiger partial charge in [-0.05, 0) is 18.1 Å². The van der Waals surface area contributed by atoms with Crippen LogP contribution in [0.2, 0.25) is 0 Å². The average Bonchev–Trinajstić information content (AvgIpc) is 2.82. The Kier molecular flexibility index (Phi) is 3.97. The first kappa shape index (κ1) is 13.7. The number of nitrogens with zero attached hydrogens (tertiary/aromatic N) is 3. The number of rotatable bonds is 5. The van der Waals surface area contributed by atoms with Crippen molar-refractivity contribution in [1.29, 1.82) is 0 Å². The van der Waals surface area contributed by atoms with Gasteiger partial charge in [0.05, 0.1) is 13.2 Å². The third kappa shape index (κ3) is 2.52. The van der Waals surface area contributed by atoms with Gasteiger partial charge in [0.25, 0.3) is 0 Å². The van der Waals surface area contributed by atoms with Crippen LogP contribution in [0.3, 0.4) is 0 Å². The molecule has 0 aliphatic heterocycles. The van der Waals surface area contributed by atoms with E-state index < -0.39 is 5.41 Å². The Hall–Kier alpha value is -1.72. The molecule has 0 saturated carbocycles. The minimum Gasteiger partial charge on any atom is -0.395 e. The molecule has 1 heterocycles. The Morgan fingerprint density at radius 3 is 2.42 bits per heavy atom. The summed E-state index contributed by atoms with van der Waals surface area (Å²) >= 11 is 0. The molecule has 0 fully saturated rings. The maximum absolute atomic E-state index is 9.83. The Morgan fingerprint density at radius 2 is 1.89 bits per heavy atom. The summed E-state index contributed by atoms with van der Waals surface area (Å²) in [5, 5.41) is 23.7. The minimum atomic E-state index is -0.730. The van der Waals surface area contributed by atoms with Crippen LogP contribution in [0.1, 0.15) is 17.0 Å². The quantitative estimate of drug-likeness (QED) is 0.826. The lowest BCUT2D eigenvalue weighted by molar-refractivity contribution is 0.113. The number of aliphatic hydroxyl groups excluding tert-OH is 2. The lowest BCUT2D eigenvalue weighted by Crippen LogP contribution is -2.38. The van der Waals surface area contributed by atoms with E-state index in [9.17, 15) is 10.2 Å². The number of hydrogen-bond donors (Lipinski definition) is 2. The summed E-state index contributed by atoms with van der Waals surface area (Å²) in [5.74, 6) is 0.742. The lowest BCUT2D eigenvalue weighted by Gasteiger charge is -2.31. The summed E-state index contributed by atoms with van der Waals surface area (Å²) in [4.78, 5) is 4.18. The normalized spacial score (nSPS) is 11.8. The van der Waals surface area contributed by atoms with Gasteiger partial charge in [-0.25, -0.2) is 4.98 Å². The number of aromatic nitrogens is 3. The van der Waals surface area contributed by atoms with Gasteiger partial charge in [-0.1, -0.05) is 24.3 Å². The monoisotopic (exact) mass is 261 g/mol. The standard InChI is InChI=1S/C14H19N3O2/c1-11-5-3-4-6-12(11)14(8-18,9-19)7-13-15-10-16-17(13)2/h3-6,10,18-19H,7-9H2,1-2H3. The van der Waals surface area contributed by atoms with E-state index in [4.69, 9.17) is 0 Å². The molecule has 0 spiro atoms. The molecule has 0 amide bonds. The summed E-state index contributed by atoms with van der Waals surface area (Å²) in [5.41, 5.74) is 1.27. The summed E-state index contributed by atoms with van der Waals surface area (Å²) < 4.78 is 1.67. The first-order valence-electron chi connectivity index (χ1n) is 6.23. The zero-order valence-electron chi connectivity index (χ0n) is 11.2. The highest BCUT2D eigenvalue weighted by atomic mass is 16.3. The largest absolute Gasteiger partial charge is 0.395 e. The maximum Gasteiger partial charge on any atom is 0.138 e. The molecule has 2 rings (SSSR count). The van der Waals surface area contributed by atoms with Crippen LogP contribution in [0, 0.1) is 6.92 Å². The van der Waals surface area contributed by atoms with E-state index in [-0.39, 0.29) is 13.2 Å². The van der Waals surface area contributed by atoms with Gasteiger partial charge < -0.3 is 10.2 Å². The minimum absolute atomic E-state index is 0.138. The molecule has 0 saturated heterocycles.